The van der Waals surface area contributed by atoms with E-state index in [1.54, 1.807) is 0 Å². The second-order valence-corrected chi connectivity index (χ2v) is 0. The molecule has 0 bridgehead atoms. The Morgan fingerprint density at radius 1 is 0.273 bits per heavy atom. The molecule has 0 fully saturated rings. The van der Waals surface area contributed by atoms with Crippen LogP contribution in [0.25, 0.3) is 0 Å². The first-order valence-electron chi connectivity index (χ1n) is 0. The fourth-order valence-corrected chi connectivity index (χ4v) is 0. The van der Waals surface area contributed by atoms with E-state index in [9.17, 15) is 0 Å². The third-order valence-electron chi connectivity index (χ3n) is 0. The van der Waals surface area contributed by atoms with Crippen molar-refractivity contribution in [2.75, 3.05) is 0 Å². The first-order valence-corrected chi connectivity index (χ1v) is 0. The molecule has 72 valence electrons. The minimum atomic E-state index is 0. The molecule has 0 unspecified atom stereocenters. The Labute approximate surface area is 158 Å². The van der Waals surface area contributed by atoms with Crippen LogP contribution >= 0.6 is 0 Å². The molecule has 0 aromatic heterocycles. The molecule has 0 nitrogen and oxygen atoms in total. The fourth-order valence-electron chi connectivity index (χ4n) is 0. The maximum atomic E-state index is 0. The standard InChI is InChI=1S/9ClH.Nb.Zr/h9*1H;;/q;;;;;;;;;+5;+4/p-9. The Hall–Kier alpha value is 4.23. The topological polar surface area (TPSA) is 0 Å². The summed E-state index contributed by atoms with van der Waals surface area (Å²) in [6.45, 7) is 0. The number of hydrogen-bond donors (Lipinski definition) is 0. The summed E-state index contributed by atoms with van der Waals surface area (Å²) in [6.07, 6.45) is 0. The van der Waals surface area contributed by atoms with Gasteiger partial charge in [-0.05, 0) is 0 Å². The van der Waals surface area contributed by atoms with Crippen molar-refractivity contribution in [2.24, 2.45) is 0 Å². The van der Waals surface area contributed by atoms with Crippen molar-refractivity contribution in [3.05, 3.63) is 0 Å². The average Bonchev–Trinajstić information content (AvgIpc) is 0. The van der Waals surface area contributed by atoms with Crippen molar-refractivity contribution in [1.29, 1.82) is 0 Å². The predicted molar refractivity (Wildman–Crippen MR) is 0 cm³/mol. The van der Waals surface area contributed by atoms with Crippen LogP contribution in [0.2, 0.25) is 0 Å². The zero-order valence-corrected chi connectivity index (χ0v) is 15.8. The van der Waals surface area contributed by atoms with Gasteiger partial charge in [-0.25, -0.2) is 0 Å². The molecule has 0 heterocycles. The summed E-state index contributed by atoms with van der Waals surface area (Å²) in [7, 11) is 0. The van der Waals surface area contributed by atoms with Gasteiger partial charge in [0.1, 0.15) is 0 Å². The molecule has 0 aliphatic carbocycles. The van der Waals surface area contributed by atoms with E-state index < -0.39 is 0 Å². The molecule has 0 saturated carbocycles. The third kappa shape index (κ3) is 119. The molecule has 0 N–H and O–H groups in total. The van der Waals surface area contributed by atoms with Crippen LogP contribution < -0.4 is 112 Å². The second kappa shape index (κ2) is 139. The van der Waals surface area contributed by atoms with Crippen molar-refractivity contribution < 1.29 is 160 Å². The van der Waals surface area contributed by atoms with Crippen LogP contribution in [0.4, 0.5) is 0 Å². The Kier molecular flexibility index (Phi) is 2180. The molecule has 0 radical (unpaired) electrons. The van der Waals surface area contributed by atoms with E-state index in [4.69, 9.17) is 0 Å². The molecule has 0 aliphatic rings. The van der Waals surface area contributed by atoms with Crippen LogP contribution in [0.3, 0.4) is 0 Å². The molecule has 0 aliphatic heterocycles. The average molecular weight is 503 g/mol. The number of rotatable bonds is 0. The Morgan fingerprint density at radius 3 is 0.273 bits per heavy atom. The summed E-state index contributed by atoms with van der Waals surface area (Å²) in [5, 5.41) is 0. The molecular weight excluding hydrogens is 503 g/mol. The van der Waals surface area contributed by atoms with Crippen LogP contribution in [0.15, 0.2) is 0 Å². The summed E-state index contributed by atoms with van der Waals surface area (Å²) >= 11 is 0. The van der Waals surface area contributed by atoms with Crippen LogP contribution in [-0.4, -0.2) is 0 Å². The fraction of sp³-hybridized carbons (Fsp3) is 0. The van der Waals surface area contributed by atoms with Gasteiger partial charge in [-0.15, -0.1) is 0 Å². The SMILES string of the molecule is [Cl-].[Cl-].[Cl-].[Cl-].[Cl-].[Cl-].[Cl-].[Cl-].[Cl-].[Nb+5].[Zr+4]. The number of halogens is 9. The van der Waals surface area contributed by atoms with Gasteiger partial charge < -0.3 is 112 Å². The maximum absolute atomic E-state index is 0. The minimum Gasteiger partial charge on any atom is -1.00 e. The Balaban J connectivity index is 0. The smallest absolute Gasteiger partial charge is 1.00 e. The van der Waals surface area contributed by atoms with E-state index in [1.807, 2.05) is 0 Å². The minimum absolute atomic E-state index is 0. The van der Waals surface area contributed by atoms with Gasteiger partial charge in [0.25, 0.3) is 0 Å². The summed E-state index contributed by atoms with van der Waals surface area (Å²) < 4.78 is 0. The quantitative estimate of drug-likeness (QED) is 0.289. The molecular formula is Cl9NbZr. The van der Waals surface area contributed by atoms with E-state index in [0.29, 0.717) is 0 Å². The van der Waals surface area contributed by atoms with Gasteiger partial charge in [-0.3, -0.25) is 0 Å². The molecule has 11 heavy (non-hydrogen) atoms. The van der Waals surface area contributed by atoms with E-state index in [0.717, 1.165) is 0 Å². The largest absolute Gasteiger partial charge is 5.00 e. The second-order valence-electron chi connectivity index (χ2n) is 0. The molecule has 0 spiro atoms. The monoisotopic (exact) mass is 498 g/mol. The van der Waals surface area contributed by atoms with Crippen molar-refractivity contribution in [3.63, 3.8) is 0 Å². The van der Waals surface area contributed by atoms with Crippen molar-refractivity contribution >= 4 is 0 Å². The molecule has 11 heteroatoms. The van der Waals surface area contributed by atoms with Crippen molar-refractivity contribution in [3.8, 4) is 0 Å². The summed E-state index contributed by atoms with van der Waals surface area (Å²) in [6, 6.07) is 0. The van der Waals surface area contributed by atoms with E-state index >= 15 is 0 Å². The van der Waals surface area contributed by atoms with Gasteiger partial charge in [-0.1, -0.05) is 0 Å². The van der Waals surface area contributed by atoms with Gasteiger partial charge in [0.15, 0.2) is 0 Å². The van der Waals surface area contributed by atoms with E-state index in [2.05, 4.69) is 0 Å². The third-order valence-corrected chi connectivity index (χ3v) is 0. The molecule has 0 aromatic carbocycles. The molecule has 0 rings (SSSR count). The van der Waals surface area contributed by atoms with Gasteiger partial charge in [0.2, 0.25) is 0 Å². The summed E-state index contributed by atoms with van der Waals surface area (Å²) in [5.74, 6) is 0. The van der Waals surface area contributed by atoms with Crippen molar-refractivity contribution in [1.82, 2.24) is 0 Å². The van der Waals surface area contributed by atoms with Crippen LogP contribution in [0.1, 0.15) is 0 Å². The van der Waals surface area contributed by atoms with Gasteiger partial charge in [0.05, 0.1) is 0 Å². The summed E-state index contributed by atoms with van der Waals surface area (Å²) in [4.78, 5) is 0. The van der Waals surface area contributed by atoms with Crippen molar-refractivity contribution in [2.45, 2.75) is 0 Å². The maximum Gasteiger partial charge on any atom is 5.00 e. The molecule has 0 saturated heterocycles. The van der Waals surface area contributed by atoms with Crippen LogP contribution in [0, 0.1) is 0 Å². The summed E-state index contributed by atoms with van der Waals surface area (Å²) in [5.41, 5.74) is 0. The van der Waals surface area contributed by atoms with Crippen LogP contribution in [0.5, 0.6) is 0 Å². The van der Waals surface area contributed by atoms with E-state index in [-0.39, 0.29) is 160 Å². The number of hydrogen-bond acceptors (Lipinski definition) is 0. The molecule has 0 atom stereocenters. The first kappa shape index (κ1) is 172. The predicted octanol–water partition coefficient (Wildman–Crippen LogP) is -27.0. The van der Waals surface area contributed by atoms with E-state index in [1.165, 1.54) is 0 Å². The molecule has 0 aromatic rings. The van der Waals surface area contributed by atoms with Gasteiger partial charge in [0, 0.05) is 0 Å². The first-order chi connectivity index (χ1) is 0. The zero-order valence-electron chi connectivity index (χ0n) is 4.35. The van der Waals surface area contributed by atoms with Crippen LogP contribution in [-0.2, 0) is 48.6 Å². The van der Waals surface area contributed by atoms with Gasteiger partial charge in [-0.2, -0.15) is 0 Å². The zero-order chi connectivity index (χ0) is 0. The Bertz CT molecular complexity index is 9.52. The van der Waals surface area contributed by atoms with Gasteiger partial charge >= 0.3 is 48.6 Å². The normalized spacial score (nSPS) is 0. The Morgan fingerprint density at radius 2 is 0.273 bits per heavy atom. The molecule has 0 amide bonds.